The second-order valence-corrected chi connectivity index (χ2v) is 5.52. The zero-order valence-corrected chi connectivity index (χ0v) is 14.1. The van der Waals surface area contributed by atoms with Crippen LogP contribution in [0, 0.1) is 0 Å². The summed E-state index contributed by atoms with van der Waals surface area (Å²) in [7, 11) is 4.16. The Morgan fingerprint density at radius 1 is 1.00 bits per heavy atom. The van der Waals surface area contributed by atoms with E-state index in [4.69, 9.17) is 9.47 Å². The highest BCUT2D eigenvalue weighted by molar-refractivity contribution is 6.08. The van der Waals surface area contributed by atoms with Gasteiger partial charge in [-0.3, -0.25) is 0 Å². The summed E-state index contributed by atoms with van der Waals surface area (Å²) in [4.78, 5) is 24.2. The van der Waals surface area contributed by atoms with Gasteiger partial charge in [-0.05, 0) is 17.7 Å². The molecular formula is C19H17NO5. The molecule has 0 radical (unpaired) electrons. The average Bonchev–Trinajstić information content (AvgIpc) is 2.98. The molecule has 0 aliphatic rings. The Labute approximate surface area is 144 Å². The number of esters is 2. The average molecular weight is 339 g/mol. The molecule has 0 unspecified atom stereocenters. The topological polar surface area (TPSA) is 77.8 Å². The predicted molar refractivity (Wildman–Crippen MR) is 92.7 cm³/mol. The third-order valence-electron chi connectivity index (χ3n) is 4.16. The Hall–Kier alpha value is -3.28. The minimum absolute atomic E-state index is 0.0545. The van der Waals surface area contributed by atoms with E-state index in [1.165, 1.54) is 18.8 Å². The number of methoxy groups -OCH3 is 2. The molecule has 1 N–H and O–H groups in total. The summed E-state index contributed by atoms with van der Waals surface area (Å²) in [6.45, 7) is 0. The third kappa shape index (κ3) is 2.61. The minimum atomic E-state index is -0.654. The molecule has 1 aromatic heterocycles. The second kappa shape index (κ2) is 6.32. The molecule has 0 fully saturated rings. The maximum absolute atomic E-state index is 12.3. The second-order valence-electron chi connectivity index (χ2n) is 5.52. The lowest BCUT2D eigenvalue weighted by molar-refractivity contribution is 0.0585. The van der Waals surface area contributed by atoms with Gasteiger partial charge in [-0.25, -0.2) is 9.59 Å². The van der Waals surface area contributed by atoms with Crippen LogP contribution in [-0.4, -0.2) is 35.8 Å². The number of nitrogens with zero attached hydrogens (tertiary/aromatic N) is 1. The molecule has 6 heteroatoms. The number of carbonyl (C=O) groups is 2. The third-order valence-corrected chi connectivity index (χ3v) is 4.16. The van der Waals surface area contributed by atoms with Gasteiger partial charge in [-0.1, -0.05) is 30.3 Å². The molecular weight excluding hydrogens is 322 g/mol. The van der Waals surface area contributed by atoms with Crippen molar-refractivity contribution in [3.8, 4) is 16.9 Å². The fourth-order valence-corrected chi connectivity index (χ4v) is 2.96. The van der Waals surface area contributed by atoms with Crippen molar-refractivity contribution in [2.45, 2.75) is 0 Å². The monoisotopic (exact) mass is 339 g/mol. The van der Waals surface area contributed by atoms with E-state index in [0.717, 1.165) is 5.56 Å². The maximum Gasteiger partial charge on any atom is 0.354 e. The van der Waals surface area contributed by atoms with Crippen molar-refractivity contribution in [3.63, 3.8) is 0 Å². The molecule has 3 rings (SSSR count). The van der Waals surface area contributed by atoms with Crippen molar-refractivity contribution in [2.24, 2.45) is 7.05 Å². The molecule has 25 heavy (non-hydrogen) atoms. The molecule has 0 bridgehead atoms. The lowest BCUT2D eigenvalue weighted by atomic mass is 9.96. The Morgan fingerprint density at radius 2 is 1.64 bits per heavy atom. The van der Waals surface area contributed by atoms with E-state index >= 15 is 0 Å². The van der Waals surface area contributed by atoms with Crippen LogP contribution in [0.25, 0.3) is 22.0 Å². The van der Waals surface area contributed by atoms with Gasteiger partial charge in [-0.15, -0.1) is 0 Å². The van der Waals surface area contributed by atoms with Crippen LogP contribution in [-0.2, 0) is 16.5 Å². The highest BCUT2D eigenvalue weighted by atomic mass is 16.5. The van der Waals surface area contributed by atoms with Gasteiger partial charge in [0, 0.05) is 18.0 Å². The van der Waals surface area contributed by atoms with Crippen LogP contribution in [0.3, 0.4) is 0 Å². The Kier molecular flexibility index (Phi) is 4.19. The van der Waals surface area contributed by atoms with Crippen LogP contribution >= 0.6 is 0 Å². The fraction of sp³-hybridized carbons (Fsp3) is 0.158. The van der Waals surface area contributed by atoms with E-state index in [1.54, 1.807) is 19.2 Å². The van der Waals surface area contributed by atoms with E-state index in [2.05, 4.69) is 0 Å². The molecule has 128 valence electrons. The summed E-state index contributed by atoms with van der Waals surface area (Å²) < 4.78 is 11.1. The maximum atomic E-state index is 12.3. The smallest absolute Gasteiger partial charge is 0.354 e. The first-order valence-electron chi connectivity index (χ1n) is 7.57. The van der Waals surface area contributed by atoms with Crippen molar-refractivity contribution in [1.82, 2.24) is 4.57 Å². The number of fused-ring (bicyclic) bond motifs is 1. The number of hydrogen-bond acceptors (Lipinski definition) is 5. The molecule has 0 saturated carbocycles. The predicted octanol–water partition coefficient (Wildman–Crippen LogP) is 3.12. The van der Waals surface area contributed by atoms with Gasteiger partial charge in [0.1, 0.15) is 11.3 Å². The summed E-state index contributed by atoms with van der Waals surface area (Å²) in [6, 6.07) is 12.6. The van der Waals surface area contributed by atoms with Gasteiger partial charge < -0.3 is 19.1 Å². The van der Waals surface area contributed by atoms with Crippen LogP contribution < -0.4 is 0 Å². The normalized spacial score (nSPS) is 10.7. The zero-order chi connectivity index (χ0) is 18.1. The molecule has 3 aromatic rings. The van der Waals surface area contributed by atoms with E-state index in [1.807, 2.05) is 30.3 Å². The van der Waals surface area contributed by atoms with Crippen LogP contribution in [0.2, 0.25) is 0 Å². The first kappa shape index (κ1) is 16.6. The van der Waals surface area contributed by atoms with Crippen molar-refractivity contribution in [2.75, 3.05) is 14.2 Å². The molecule has 0 atom stereocenters. The van der Waals surface area contributed by atoms with Gasteiger partial charge >= 0.3 is 11.9 Å². The largest absolute Gasteiger partial charge is 0.505 e. The minimum Gasteiger partial charge on any atom is -0.505 e. The first-order valence-corrected chi connectivity index (χ1v) is 7.57. The molecule has 0 saturated heterocycles. The SMILES string of the molecule is COC(=O)c1c(-c2ccccc2)cc2cc(C(=O)OC)n(C)c2c1O. The summed E-state index contributed by atoms with van der Waals surface area (Å²) in [5.74, 6) is -1.42. The van der Waals surface area contributed by atoms with Gasteiger partial charge in [-0.2, -0.15) is 0 Å². The molecule has 0 aliphatic carbocycles. The lowest BCUT2D eigenvalue weighted by Crippen LogP contribution is -2.08. The quantitative estimate of drug-likeness (QED) is 0.742. The fourth-order valence-electron chi connectivity index (χ4n) is 2.96. The number of ether oxygens (including phenoxy) is 2. The van der Waals surface area contributed by atoms with Crippen molar-refractivity contribution in [1.29, 1.82) is 0 Å². The summed E-state index contributed by atoms with van der Waals surface area (Å²) in [5, 5.41) is 11.4. The molecule has 0 spiro atoms. The summed E-state index contributed by atoms with van der Waals surface area (Å²) in [6.07, 6.45) is 0. The highest BCUT2D eigenvalue weighted by Gasteiger charge is 2.25. The Balaban J connectivity index is 2.39. The van der Waals surface area contributed by atoms with Gasteiger partial charge in [0.05, 0.1) is 19.7 Å². The number of aryl methyl sites for hydroxylation is 1. The van der Waals surface area contributed by atoms with Crippen molar-refractivity contribution < 1.29 is 24.2 Å². The summed E-state index contributed by atoms with van der Waals surface area (Å²) >= 11 is 0. The number of hydrogen-bond donors (Lipinski definition) is 1. The van der Waals surface area contributed by atoms with E-state index in [-0.39, 0.29) is 17.0 Å². The molecule has 0 aliphatic heterocycles. The Bertz CT molecular complexity index is 973. The van der Waals surface area contributed by atoms with Crippen LogP contribution in [0.5, 0.6) is 5.75 Å². The number of phenols is 1. The molecule has 0 amide bonds. The standard InChI is InChI=1S/C19H17NO5/c1-20-14(18(22)24-2)10-12-9-13(11-7-5-4-6-8-11)15(19(23)25-3)17(21)16(12)20/h4-10,21H,1-3H3. The summed E-state index contributed by atoms with van der Waals surface area (Å²) in [5.41, 5.74) is 1.97. The van der Waals surface area contributed by atoms with Crippen LogP contribution in [0.4, 0.5) is 0 Å². The van der Waals surface area contributed by atoms with Crippen molar-refractivity contribution in [3.05, 3.63) is 53.7 Å². The molecule has 1 heterocycles. The van der Waals surface area contributed by atoms with Crippen molar-refractivity contribution >= 4 is 22.8 Å². The number of carbonyl (C=O) groups excluding carboxylic acids is 2. The number of benzene rings is 2. The number of rotatable bonds is 3. The van der Waals surface area contributed by atoms with Gasteiger partial charge in [0.2, 0.25) is 0 Å². The number of aromatic nitrogens is 1. The van der Waals surface area contributed by atoms with E-state index < -0.39 is 11.9 Å². The Morgan fingerprint density at radius 3 is 2.24 bits per heavy atom. The van der Waals surface area contributed by atoms with E-state index in [0.29, 0.717) is 16.5 Å². The van der Waals surface area contributed by atoms with E-state index in [9.17, 15) is 14.7 Å². The number of aromatic hydroxyl groups is 1. The lowest BCUT2D eigenvalue weighted by Gasteiger charge is -2.12. The molecule has 6 nitrogen and oxygen atoms in total. The molecule has 2 aromatic carbocycles. The zero-order valence-electron chi connectivity index (χ0n) is 14.1. The van der Waals surface area contributed by atoms with Gasteiger partial charge in [0.25, 0.3) is 0 Å². The van der Waals surface area contributed by atoms with Crippen LogP contribution in [0.1, 0.15) is 20.8 Å². The number of phenolic OH excluding ortho intramolecular Hbond substituents is 1. The first-order chi connectivity index (χ1) is 12.0. The van der Waals surface area contributed by atoms with Crippen LogP contribution in [0.15, 0.2) is 42.5 Å². The highest BCUT2D eigenvalue weighted by Crippen LogP contribution is 2.38. The van der Waals surface area contributed by atoms with Gasteiger partial charge in [0.15, 0.2) is 5.75 Å².